The van der Waals surface area contributed by atoms with Crippen LogP contribution in [0.5, 0.6) is 11.5 Å². The first-order valence-corrected chi connectivity index (χ1v) is 8.26. The second kappa shape index (κ2) is 9.22. The lowest BCUT2D eigenvalue weighted by Gasteiger charge is -2.11. The maximum atomic E-state index is 13.7. The monoisotopic (exact) mass is 460 g/mol. The number of carbonyl (C=O) groups is 1. The molecule has 2 aromatic carbocycles. The topological polar surface area (TPSA) is 90.7 Å². The maximum Gasteiger partial charge on any atom is 0.387 e. The first kappa shape index (κ1) is 21.2. The van der Waals surface area contributed by atoms with Gasteiger partial charge < -0.3 is 14.8 Å². The van der Waals surface area contributed by atoms with Crippen molar-refractivity contribution < 1.29 is 32.4 Å². The number of nitrogens with one attached hydrogen (secondary N) is 1. The summed E-state index contributed by atoms with van der Waals surface area (Å²) < 4.78 is 48.2. The average Bonchev–Trinajstić information content (AvgIpc) is 2.62. The lowest BCUT2D eigenvalue weighted by atomic mass is 10.1. The van der Waals surface area contributed by atoms with E-state index in [0.717, 1.165) is 37.5 Å². The predicted molar refractivity (Wildman–Crippen MR) is 98.0 cm³/mol. The van der Waals surface area contributed by atoms with E-state index >= 15 is 0 Å². The average molecular weight is 461 g/mol. The molecule has 1 N–H and O–H groups in total. The minimum absolute atomic E-state index is 0.0920. The highest BCUT2D eigenvalue weighted by atomic mass is 79.9. The Bertz CT molecular complexity index is 937. The molecular weight excluding hydrogens is 449 g/mol. The predicted octanol–water partition coefficient (Wildman–Crippen LogP) is 4.76. The van der Waals surface area contributed by atoms with Gasteiger partial charge in [-0.3, -0.25) is 14.9 Å². The fourth-order valence-corrected chi connectivity index (χ4v) is 2.47. The smallest absolute Gasteiger partial charge is 0.387 e. The van der Waals surface area contributed by atoms with Gasteiger partial charge in [0.25, 0.3) is 5.69 Å². The molecule has 148 valence electrons. The first-order valence-electron chi connectivity index (χ1n) is 7.46. The summed E-state index contributed by atoms with van der Waals surface area (Å²) in [6.45, 7) is -3.21. The number of nitro groups is 1. The van der Waals surface area contributed by atoms with Crippen molar-refractivity contribution in [1.29, 1.82) is 0 Å². The van der Waals surface area contributed by atoms with Crippen molar-refractivity contribution in [3.8, 4) is 11.5 Å². The Morgan fingerprint density at radius 2 is 2.00 bits per heavy atom. The van der Waals surface area contributed by atoms with Gasteiger partial charge in [-0.2, -0.15) is 8.78 Å². The summed E-state index contributed by atoms with van der Waals surface area (Å²) in [7, 11) is 1.16. The molecule has 0 aliphatic rings. The van der Waals surface area contributed by atoms with Gasteiger partial charge in [-0.15, -0.1) is 0 Å². The zero-order chi connectivity index (χ0) is 20.8. The number of amides is 1. The van der Waals surface area contributed by atoms with E-state index in [2.05, 4.69) is 26.0 Å². The van der Waals surface area contributed by atoms with Crippen LogP contribution in [0.4, 0.5) is 24.5 Å². The van der Waals surface area contributed by atoms with Crippen LogP contribution in [-0.2, 0) is 4.79 Å². The number of hydrogen-bond acceptors (Lipinski definition) is 5. The number of ether oxygens (including phenoxy) is 2. The molecule has 7 nitrogen and oxygen atoms in total. The van der Waals surface area contributed by atoms with E-state index in [1.165, 1.54) is 12.1 Å². The fraction of sp³-hybridized carbons (Fsp3) is 0.118. The van der Waals surface area contributed by atoms with Gasteiger partial charge >= 0.3 is 6.61 Å². The summed E-state index contributed by atoms with van der Waals surface area (Å²) in [5, 5.41) is 13.5. The van der Waals surface area contributed by atoms with Gasteiger partial charge in [0.2, 0.25) is 5.91 Å². The molecule has 0 aliphatic heterocycles. The number of nitrogens with zero attached hydrogens (tertiary/aromatic N) is 1. The number of benzene rings is 2. The first-order chi connectivity index (χ1) is 13.2. The van der Waals surface area contributed by atoms with Crippen LogP contribution in [0.15, 0.2) is 40.9 Å². The van der Waals surface area contributed by atoms with Gasteiger partial charge in [0, 0.05) is 10.5 Å². The van der Waals surface area contributed by atoms with Crippen LogP contribution in [0.2, 0.25) is 0 Å². The third-order valence-corrected chi connectivity index (χ3v) is 3.82. The van der Waals surface area contributed by atoms with E-state index in [9.17, 15) is 28.1 Å². The quantitative estimate of drug-likeness (QED) is 0.365. The molecule has 2 rings (SSSR count). The van der Waals surface area contributed by atoms with Crippen molar-refractivity contribution in [3.63, 3.8) is 0 Å². The van der Waals surface area contributed by atoms with Gasteiger partial charge in [-0.1, -0.05) is 15.9 Å². The van der Waals surface area contributed by atoms with Crippen molar-refractivity contribution in [2.45, 2.75) is 6.61 Å². The molecule has 0 atom stereocenters. The van der Waals surface area contributed by atoms with Crippen LogP contribution >= 0.6 is 15.9 Å². The number of alkyl halides is 2. The SMILES string of the molecule is COc1cc(/C=C/C(=O)Nc2ccc(Br)cc2F)c([N+](=O)[O-])cc1OC(F)F. The molecule has 0 radical (unpaired) electrons. The molecule has 2 aromatic rings. The highest BCUT2D eigenvalue weighted by Crippen LogP contribution is 2.36. The molecule has 0 heterocycles. The van der Waals surface area contributed by atoms with Crippen LogP contribution in [0.3, 0.4) is 0 Å². The van der Waals surface area contributed by atoms with Gasteiger partial charge in [0.05, 0.1) is 29.4 Å². The van der Waals surface area contributed by atoms with Crippen LogP contribution in [0, 0.1) is 15.9 Å². The van der Waals surface area contributed by atoms with Crippen LogP contribution in [0.1, 0.15) is 5.56 Å². The molecule has 0 unspecified atom stereocenters. The summed E-state index contributed by atoms with van der Waals surface area (Å²) in [5.74, 6) is -2.16. The molecular formula is C17H12BrF3N2O5. The molecule has 0 spiro atoms. The lowest BCUT2D eigenvalue weighted by molar-refractivity contribution is -0.385. The Balaban J connectivity index is 2.30. The van der Waals surface area contributed by atoms with E-state index in [-0.39, 0.29) is 17.0 Å². The summed E-state index contributed by atoms with van der Waals surface area (Å²) in [5.41, 5.74) is -0.782. The fourth-order valence-electron chi connectivity index (χ4n) is 2.13. The standard InChI is InChI=1S/C17H12BrF3N2O5/c1-27-14-6-9(13(23(25)26)8-15(14)28-17(20)21)2-5-16(24)22-12-4-3-10(18)7-11(12)19/h2-8,17H,1H3,(H,22,24)/b5-2+. The number of nitro benzene ring substituents is 1. The maximum absolute atomic E-state index is 13.7. The van der Waals surface area contributed by atoms with Gasteiger partial charge in [-0.05, 0) is 30.3 Å². The van der Waals surface area contributed by atoms with E-state index in [4.69, 9.17) is 4.74 Å². The van der Waals surface area contributed by atoms with Gasteiger partial charge in [0.1, 0.15) is 5.82 Å². The number of methoxy groups -OCH3 is 1. The van der Waals surface area contributed by atoms with Crippen LogP contribution in [-0.4, -0.2) is 24.6 Å². The van der Waals surface area contributed by atoms with E-state index in [0.29, 0.717) is 4.47 Å². The van der Waals surface area contributed by atoms with Crippen molar-refractivity contribution in [1.82, 2.24) is 0 Å². The second-order valence-corrected chi connectivity index (χ2v) is 6.06. The van der Waals surface area contributed by atoms with Gasteiger partial charge in [0.15, 0.2) is 11.5 Å². The van der Waals surface area contributed by atoms with Crippen molar-refractivity contribution in [3.05, 3.63) is 62.4 Å². The molecule has 11 heteroatoms. The molecule has 0 aromatic heterocycles. The van der Waals surface area contributed by atoms with Crippen molar-refractivity contribution in [2.75, 3.05) is 12.4 Å². The highest BCUT2D eigenvalue weighted by molar-refractivity contribution is 9.10. The molecule has 0 saturated heterocycles. The third-order valence-electron chi connectivity index (χ3n) is 3.33. The second-order valence-electron chi connectivity index (χ2n) is 5.14. The number of rotatable bonds is 7. The van der Waals surface area contributed by atoms with Gasteiger partial charge in [-0.25, -0.2) is 4.39 Å². The van der Waals surface area contributed by atoms with Crippen molar-refractivity contribution in [2.24, 2.45) is 0 Å². The van der Waals surface area contributed by atoms with E-state index in [1.54, 1.807) is 0 Å². The molecule has 1 amide bonds. The van der Waals surface area contributed by atoms with E-state index in [1.807, 2.05) is 0 Å². The Kier molecular flexibility index (Phi) is 6.99. The number of hydrogen-bond donors (Lipinski definition) is 1. The summed E-state index contributed by atoms with van der Waals surface area (Å²) in [6.07, 6.45) is 2.00. The zero-order valence-electron chi connectivity index (χ0n) is 14.1. The summed E-state index contributed by atoms with van der Waals surface area (Å²) >= 11 is 3.08. The number of anilines is 1. The number of carbonyl (C=O) groups excluding carboxylic acids is 1. The van der Waals surface area contributed by atoms with E-state index < -0.39 is 34.7 Å². The Morgan fingerprint density at radius 3 is 2.57 bits per heavy atom. The summed E-state index contributed by atoms with van der Waals surface area (Å²) in [4.78, 5) is 22.3. The zero-order valence-corrected chi connectivity index (χ0v) is 15.7. The Labute approximate surface area is 165 Å². The highest BCUT2D eigenvalue weighted by Gasteiger charge is 2.20. The molecule has 0 fully saturated rings. The van der Waals surface area contributed by atoms with Crippen LogP contribution < -0.4 is 14.8 Å². The summed E-state index contributed by atoms with van der Waals surface area (Å²) in [6, 6.07) is 5.82. The molecule has 0 saturated carbocycles. The normalized spacial score (nSPS) is 10.9. The minimum atomic E-state index is -3.21. The minimum Gasteiger partial charge on any atom is -0.493 e. The molecule has 28 heavy (non-hydrogen) atoms. The number of halogens is 4. The lowest BCUT2D eigenvalue weighted by Crippen LogP contribution is -2.09. The van der Waals surface area contributed by atoms with Crippen molar-refractivity contribution >= 4 is 39.3 Å². The third kappa shape index (κ3) is 5.46. The largest absolute Gasteiger partial charge is 0.493 e. The molecule has 0 bridgehead atoms. The Morgan fingerprint density at radius 1 is 1.29 bits per heavy atom. The molecule has 0 aliphatic carbocycles. The Hall–Kier alpha value is -3.08. The van der Waals surface area contributed by atoms with Crippen LogP contribution in [0.25, 0.3) is 6.08 Å².